The number of amides is 1. The molecule has 1 rings (SSSR count). The average Bonchev–Trinajstić information content (AvgIpc) is 2.44. The average molecular weight is 289 g/mol. The third-order valence-corrected chi connectivity index (χ3v) is 2.86. The summed E-state index contributed by atoms with van der Waals surface area (Å²) in [5.41, 5.74) is 0.724. The lowest BCUT2D eigenvalue weighted by Crippen LogP contribution is -2.30. The predicted octanol–water partition coefficient (Wildman–Crippen LogP) is 2.70. The van der Waals surface area contributed by atoms with Crippen LogP contribution in [0.5, 0.6) is 5.75 Å². The van der Waals surface area contributed by atoms with Gasteiger partial charge in [-0.25, -0.2) is 0 Å². The summed E-state index contributed by atoms with van der Waals surface area (Å²) in [6, 6.07) is 9.53. The summed E-state index contributed by atoms with van der Waals surface area (Å²) in [6.07, 6.45) is 1.62. The molecule has 0 aliphatic heterocycles. The third kappa shape index (κ3) is 7.33. The fourth-order valence-electron chi connectivity index (χ4n) is 1.92. The zero-order valence-electron chi connectivity index (χ0n) is 12.7. The summed E-state index contributed by atoms with van der Waals surface area (Å²) in [4.78, 5) is 11.9. The Bertz CT molecular complexity index is 483. The molecular formula is C16H23N3O2. The molecular weight excluding hydrogens is 266 g/mol. The lowest BCUT2D eigenvalue weighted by molar-refractivity contribution is -0.116. The Kier molecular flexibility index (Phi) is 7.92. The number of hydrogen-bond donors (Lipinski definition) is 2. The highest BCUT2D eigenvalue weighted by Crippen LogP contribution is 2.18. The van der Waals surface area contributed by atoms with E-state index in [0.717, 1.165) is 12.2 Å². The predicted molar refractivity (Wildman–Crippen MR) is 83.2 cm³/mol. The molecule has 0 aliphatic rings. The quantitative estimate of drug-likeness (QED) is 0.685. The van der Waals surface area contributed by atoms with E-state index in [0.29, 0.717) is 31.6 Å². The number of nitrogens with zero attached hydrogens (tertiary/aromatic N) is 1. The van der Waals surface area contributed by atoms with E-state index in [4.69, 9.17) is 10.00 Å². The molecule has 21 heavy (non-hydrogen) atoms. The number of benzene rings is 1. The van der Waals surface area contributed by atoms with Gasteiger partial charge < -0.3 is 15.4 Å². The van der Waals surface area contributed by atoms with Crippen LogP contribution in [0.15, 0.2) is 24.3 Å². The SMILES string of the molecule is CCNC(C)CC(=O)Nc1cccc(OCCCC#N)c1. The van der Waals surface area contributed by atoms with Crippen molar-refractivity contribution in [3.8, 4) is 11.8 Å². The highest BCUT2D eigenvalue weighted by molar-refractivity contribution is 5.91. The van der Waals surface area contributed by atoms with Gasteiger partial charge in [0.1, 0.15) is 5.75 Å². The minimum Gasteiger partial charge on any atom is -0.493 e. The van der Waals surface area contributed by atoms with Crippen molar-refractivity contribution in [2.75, 3.05) is 18.5 Å². The van der Waals surface area contributed by atoms with Crippen LogP contribution in [0.4, 0.5) is 5.69 Å². The first-order valence-corrected chi connectivity index (χ1v) is 7.28. The van der Waals surface area contributed by atoms with Gasteiger partial charge in [0.05, 0.1) is 12.7 Å². The molecule has 5 nitrogen and oxygen atoms in total. The normalized spacial score (nSPS) is 11.5. The molecule has 0 bridgehead atoms. The van der Waals surface area contributed by atoms with Gasteiger partial charge in [0.15, 0.2) is 0 Å². The Labute approximate surface area is 126 Å². The fourth-order valence-corrected chi connectivity index (χ4v) is 1.92. The first-order valence-electron chi connectivity index (χ1n) is 7.28. The minimum atomic E-state index is -0.0231. The Morgan fingerprint density at radius 3 is 3.00 bits per heavy atom. The van der Waals surface area contributed by atoms with E-state index in [9.17, 15) is 4.79 Å². The molecule has 5 heteroatoms. The smallest absolute Gasteiger partial charge is 0.225 e. The van der Waals surface area contributed by atoms with Crippen molar-refractivity contribution in [2.45, 2.75) is 39.2 Å². The first-order chi connectivity index (χ1) is 10.2. The molecule has 2 N–H and O–H groups in total. The number of hydrogen-bond acceptors (Lipinski definition) is 4. The number of unbranched alkanes of at least 4 members (excludes halogenated alkanes) is 1. The molecule has 0 aliphatic carbocycles. The van der Waals surface area contributed by atoms with Crippen LogP contribution in [0.25, 0.3) is 0 Å². The highest BCUT2D eigenvalue weighted by atomic mass is 16.5. The van der Waals surface area contributed by atoms with E-state index >= 15 is 0 Å². The van der Waals surface area contributed by atoms with Crippen molar-refractivity contribution >= 4 is 11.6 Å². The lowest BCUT2D eigenvalue weighted by Gasteiger charge is -2.13. The molecule has 1 aromatic rings. The van der Waals surface area contributed by atoms with E-state index in [1.165, 1.54) is 0 Å². The molecule has 0 saturated carbocycles. The van der Waals surface area contributed by atoms with E-state index in [1.54, 1.807) is 6.07 Å². The van der Waals surface area contributed by atoms with Crippen LogP contribution in [-0.2, 0) is 4.79 Å². The zero-order chi connectivity index (χ0) is 15.5. The summed E-state index contributed by atoms with van der Waals surface area (Å²) >= 11 is 0. The number of carbonyl (C=O) groups is 1. The van der Waals surface area contributed by atoms with E-state index in [2.05, 4.69) is 16.7 Å². The van der Waals surface area contributed by atoms with Crippen molar-refractivity contribution in [2.24, 2.45) is 0 Å². The second-order valence-electron chi connectivity index (χ2n) is 4.85. The minimum absolute atomic E-state index is 0.0231. The number of nitriles is 1. The summed E-state index contributed by atoms with van der Waals surface area (Å²) in [6.45, 7) is 5.35. The van der Waals surface area contributed by atoms with Crippen LogP contribution in [-0.4, -0.2) is 25.1 Å². The summed E-state index contributed by atoms with van der Waals surface area (Å²) in [5, 5.41) is 14.5. The number of carbonyl (C=O) groups excluding carboxylic acids is 1. The number of ether oxygens (including phenoxy) is 1. The van der Waals surface area contributed by atoms with Crippen molar-refractivity contribution < 1.29 is 9.53 Å². The van der Waals surface area contributed by atoms with Crippen LogP contribution >= 0.6 is 0 Å². The van der Waals surface area contributed by atoms with Gasteiger partial charge in [-0.1, -0.05) is 13.0 Å². The van der Waals surface area contributed by atoms with Gasteiger partial charge in [0.25, 0.3) is 0 Å². The number of rotatable bonds is 9. The Morgan fingerprint density at radius 2 is 2.29 bits per heavy atom. The van der Waals surface area contributed by atoms with Crippen LogP contribution in [0.1, 0.15) is 33.1 Å². The van der Waals surface area contributed by atoms with Crippen LogP contribution < -0.4 is 15.4 Å². The number of nitrogens with one attached hydrogen (secondary N) is 2. The molecule has 1 atom stereocenters. The highest BCUT2D eigenvalue weighted by Gasteiger charge is 2.08. The third-order valence-electron chi connectivity index (χ3n) is 2.86. The molecule has 0 fully saturated rings. The second kappa shape index (κ2) is 9.78. The molecule has 114 valence electrons. The summed E-state index contributed by atoms with van der Waals surface area (Å²) in [7, 11) is 0. The Hall–Kier alpha value is -2.06. The molecule has 0 radical (unpaired) electrons. The molecule has 0 heterocycles. The van der Waals surface area contributed by atoms with E-state index in [1.807, 2.05) is 32.0 Å². The fraction of sp³-hybridized carbons (Fsp3) is 0.500. The zero-order valence-corrected chi connectivity index (χ0v) is 12.7. The standard InChI is InChI=1S/C16H23N3O2/c1-3-18-13(2)11-16(20)19-14-7-6-8-15(12-14)21-10-5-4-9-17/h6-8,12-13,18H,3-5,10-11H2,1-2H3,(H,19,20). The molecule has 0 spiro atoms. The maximum absolute atomic E-state index is 11.9. The molecule has 1 unspecified atom stereocenters. The Morgan fingerprint density at radius 1 is 1.48 bits per heavy atom. The van der Waals surface area contributed by atoms with Crippen molar-refractivity contribution in [3.05, 3.63) is 24.3 Å². The maximum Gasteiger partial charge on any atom is 0.225 e. The topological polar surface area (TPSA) is 74.2 Å². The van der Waals surface area contributed by atoms with Gasteiger partial charge in [0, 0.05) is 30.6 Å². The molecule has 0 saturated heterocycles. The number of anilines is 1. The maximum atomic E-state index is 11.9. The lowest BCUT2D eigenvalue weighted by atomic mass is 10.2. The molecule has 1 aromatic carbocycles. The van der Waals surface area contributed by atoms with Gasteiger partial charge in [-0.05, 0) is 32.0 Å². The van der Waals surface area contributed by atoms with Gasteiger partial charge >= 0.3 is 0 Å². The molecule has 0 aromatic heterocycles. The van der Waals surface area contributed by atoms with E-state index < -0.39 is 0 Å². The monoisotopic (exact) mass is 289 g/mol. The van der Waals surface area contributed by atoms with E-state index in [-0.39, 0.29) is 11.9 Å². The van der Waals surface area contributed by atoms with Crippen molar-refractivity contribution in [3.63, 3.8) is 0 Å². The summed E-state index contributed by atoms with van der Waals surface area (Å²) < 4.78 is 5.54. The second-order valence-corrected chi connectivity index (χ2v) is 4.85. The first kappa shape index (κ1) is 17.0. The van der Waals surface area contributed by atoms with Gasteiger partial charge in [-0.15, -0.1) is 0 Å². The summed E-state index contributed by atoms with van der Waals surface area (Å²) in [5.74, 6) is 0.676. The van der Waals surface area contributed by atoms with Crippen molar-refractivity contribution in [1.29, 1.82) is 5.26 Å². The Balaban J connectivity index is 2.44. The molecule has 1 amide bonds. The largest absolute Gasteiger partial charge is 0.493 e. The van der Waals surface area contributed by atoms with Crippen LogP contribution in [0, 0.1) is 11.3 Å². The van der Waals surface area contributed by atoms with Gasteiger partial charge in [-0.3, -0.25) is 4.79 Å². The van der Waals surface area contributed by atoms with Gasteiger partial charge in [0.2, 0.25) is 5.91 Å². The van der Waals surface area contributed by atoms with Crippen molar-refractivity contribution in [1.82, 2.24) is 5.32 Å². The van der Waals surface area contributed by atoms with Crippen LogP contribution in [0.2, 0.25) is 0 Å². The van der Waals surface area contributed by atoms with Crippen LogP contribution in [0.3, 0.4) is 0 Å². The van der Waals surface area contributed by atoms with Gasteiger partial charge in [-0.2, -0.15) is 5.26 Å².